The first kappa shape index (κ1) is 20.4. The second-order valence-electron chi connectivity index (χ2n) is 5.94. The molecule has 2 rings (SSSR count). The summed E-state index contributed by atoms with van der Waals surface area (Å²) < 4.78 is 13.0. The summed E-state index contributed by atoms with van der Waals surface area (Å²) in [5.41, 5.74) is -0.123. The van der Waals surface area contributed by atoms with Crippen molar-refractivity contribution in [1.29, 1.82) is 0 Å². The standard InChI is InChI=1S/C18H18FN3O4S/c1-20(2)17(23)11-21(3)18(24)12-4-9-16(15(10-12)22(25)26)27-14-7-5-13(19)6-8-14/h4-10H,11H2,1-3H3. The van der Waals surface area contributed by atoms with E-state index in [1.54, 1.807) is 14.1 Å². The maximum Gasteiger partial charge on any atom is 0.284 e. The quantitative estimate of drug-likeness (QED) is 0.558. The Balaban J connectivity index is 2.26. The van der Waals surface area contributed by atoms with E-state index in [2.05, 4.69) is 0 Å². The van der Waals surface area contributed by atoms with Gasteiger partial charge in [-0.2, -0.15) is 0 Å². The molecule has 0 saturated carbocycles. The molecule has 27 heavy (non-hydrogen) atoms. The Morgan fingerprint density at radius 1 is 1.11 bits per heavy atom. The van der Waals surface area contributed by atoms with Crippen molar-refractivity contribution in [3.8, 4) is 0 Å². The number of amides is 2. The fraction of sp³-hybridized carbons (Fsp3) is 0.222. The first-order valence-electron chi connectivity index (χ1n) is 7.86. The first-order valence-corrected chi connectivity index (χ1v) is 8.68. The Morgan fingerprint density at radius 3 is 2.30 bits per heavy atom. The zero-order valence-corrected chi connectivity index (χ0v) is 15.8. The zero-order valence-electron chi connectivity index (χ0n) is 15.0. The molecule has 0 saturated heterocycles. The van der Waals surface area contributed by atoms with E-state index < -0.39 is 16.6 Å². The molecule has 0 aliphatic heterocycles. The summed E-state index contributed by atoms with van der Waals surface area (Å²) in [6.45, 7) is -0.133. The molecule has 0 spiro atoms. The van der Waals surface area contributed by atoms with Crippen LogP contribution in [0.2, 0.25) is 0 Å². The van der Waals surface area contributed by atoms with Crippen molar-refractivity contribution in [2.75, 3.05) is 27.7 Å². The van der Waals surface area contributed by atoms with Gasteiger partial charge in [-0.25, -0.2) is 4.39 Å². The van der Waals surface area contributed by atoms with Crippen LogP contribution in [0.25, 0.3) is 0 Å². The minimum atomic E-state index is -0.576. The van der Waals surface area contributed by atoms with Gasteiger partial charge in [0.2, 0.25) is 5.91 Å². The molecule has 0 aliphatic carbocycles. The Bertz CT molecular complexity index is 871. The van der Waals surface area contributed by atoms with Crippen molar-refractivity contribution in [3.05, 3.63) is 64.0 Å². The molecule has 2 aromatic carbocycles. The number of nitro groups is 1. The summed E-state index contributed by atoms with van der Waals surface area (Å²) in [6, 6.07) is 9.70. The SMILES string of the molecule is CN(C)C(=O)CN(C)C(=O)c1ccc(Sc2ccc(F)cc2)c([N+](=O)[O-])c1. The molecule has 0 radical (unpaired) electrons. The molecule has 2 aromatic rings. The van der Waals surface area contributed by atoms with Crippen LogP contribution in [0.5, 0.6) is 0 Å². The van der Waals surface area contributed by atoms with Crippen molar-refractivity contribution in [3.63, 3.8) is 0 Å². The van der Waals surface area contributed by atoms with Crippen LogP contribution in [-0.4, -0.2) is 54.2 Å². The van der Waals surface area contributed by atoms with E-state index >= 15 is 0 Å². The largest absolute Gasteiger partial charge is 0.347 e. The summed E-state index contributed by atoms with van der Waals surface area (Å²) in [5, 5.41) is 11.4. The molecular weight excluding hydrogens is 373 g/mol. The number of likely N-dealkylation sites (N-methyl/N-ethyl adjacent to an activating group) is 2. The molecule has 0 fully saturated rings. The lowest BCUT2D eigenvalue weighted by Crippen LogP contribution is -2.37. The lowest BCUT2D eigenvalue weighted by Gasteiger charge is -2.19. The molecule has 0 heterocycles. The minimum Gasteiger partial charge on any atom is -0.347 e. The zero-order chi connectivity index (χ0) is 20.1. The van der Waals surface area contributed by atoms with Crippen molar-refractivity contribution in [2.24, 2.45) is 0 Å². The number of carbonyl (C=O) groups is 2. The molecule has 0 unspecified atom stereocenters. The van der Waals surface area contributed by atoms with Crippen LogP contribution in [-0.2, 0) is 4.79 Å². The maximum atomic E-state index is 13.0. The Hall–Kier alpha value is -2.94. The molecule has 0 aliphatic rings. The van der Waals surface area contributed by atoms with Gasteiger partial charge >= 0.3 is 0 Å². The minimum absolute atomic E-state index is 0.110. The third kappa shape index (κ3) is 5.27. The molecule has 0 N–H and O–H groups in total. The lowest BCUT2D eigenvalue weighted by molar-refractivity contribution is -0.387. The molecule has 7 nitrogen and oxygen atoms in total. The normalized spacial score (nSPS) is 10.4. The number of rotatable bonds is 6. The van der Waals surface area contributed by atoms with Crippen molar-refractivity contribution in [1.82, 2.24) is 9.80 Å². The highest BCUT2D eigenvalue weighted by atomic mass is 32.2. The van der Waals surface area contributed by atoms with E-state index in [0.29, 0.717) is 9.79 Å². The van der Waals surface area contributed by atoms with Crippen LogP contribution in [0, 0.1) is 15.9 Å². The third-order valence-electron chi connectivity index (χ3n) is 3.66. The van der Waals surface area contributed by atoms with Gasteiger partial charge in [-0.1, -0.05) is 11.8 Å². The van der Waals surface area contributed by atoms with Crippen LogP contribution < -0.4 is 0 Å². The fourth-order valence-electron chi connectivity index (χ4n) is 2.15. The van der Waals surface area contributed by atoms with Gasteiger partial charge in [0.05, 0.1) is 16.4 Å². The van der Waals surface area contributed by atoms with Gasteiger partial charge < -0.3 is 9.80 Å². The summed E-state index contributed by atoms with van der Waals surface area (Å²) >= 11 is 1.10. The van der Waals surface area contributed by atoms with Gasteiger partial charge in [0, 0.05) is 37.7 Å². The number of hydrogen-bond donors (Lipinski definition) is 0. The molecule has 2 amide bonds. The average molecular weight is 391 g/mol. The van der Waals surface area contributed by atoms with Crippen LogP contribution in [0.3, 0.4) is 0 Å². The van der Waals surface area contributed by atoms with Crippen molar-refractivity contribution < 1.29 is 18.9 Å². The summed E-state index contributed by atoms with van der Waals surface area (Å²) in [4.78, 5) is 38.6. The van der Waals surface area contributed by atoms with Gasteiger partial charge in [-0.15, -0.1) is 0 Å². The highest BCUT2D eigenvalue weighted by Crippen LogP contribution is 2.35. The first-order chi connectivity index (χ1) is 12.7. The number of benzene rings is 2. The Kier molecular flexibility index (Phi) is 6.51. The van der Waals surface area contributed by atoms with Crippen LogP contribution in [0.1, 0.15) is 10.4 Å². The topological polar surface area (TPSA) is 83.8 Å². The number of hydrogen-bond acceptors (Lipinski definition) is 5. The van der Waals surface area contributed by atoms with Crippen molar-refractivity contribution in [2.45, 2.75) is 9.79 Å². The monoisotopic (exact) mass is 391 g/mol. The number of halogens is 1. The van der Waals surface area contributed by atoms with Crippen LogP contribution >= 0.6 is 11.8 Å². The van der Waals surface area contributed by atoms with Gasteiger partial charge in [-0.05, 0) is 36.4 Å². The molecule has 142 valence electrons. The molecule has 9 heteroatoms. The Labute approximate surface area is 159 Å². The fourth-order valence-corrected chi connectivity index (χ4v) is 3.05. The van der Waals surface area contributed by atoms with E-state index in [9.17, 15) is 24.1 Å². The van der Waals surface area contributed by atoms with Gasteiger partial charge in [-0.3, -0.25) is 19.7 Å². The van der Waals surface area contributed by atoms with E-state index in [1.165, 1.54) is 59.3 Å². The molecule has 0 bridgehead atoms. The highest BCUT2D eigenvalue weighted by molar-refractivity contribution is 7.99. The highest BCUT2D eigenvalue weighted by Gasteiger charge is 2.21. The smallest absolute Gasteiger partial charge is 0.284 e. The number of carbonyl (C=O) groups excluding carboxylic acids is 2. The number of nitrogens with zero attached hydrogens (tertiary/aromatic N) is 3. The number of nitro benzene ring substituents is 1. The second-order valence-corrected chi connectivity index (χ2v) is 7.06. The predicted molar refractivity (Wildman–Crippen MR) is 99.3 cm³/mol. The molecule has 0 atom stereocenters. The van der Waals surface area contributed by atoms with E-state index in [4.69, 9.17) is 0 Å². The average Bonchev–Trinajstić information content (AvgIpc) is 2.62. The lowest BCUT2D eigenvalue weighted by atomic mass is 10.2. The van der Waals surface area contributed by atoms with Gasteiger partial charge in [0.15, 0.2) is 0 Å². The van der Waals surface area contributed by atoms with Gasteiger partial charge in [0.1, 0.15) is 5.82 Å². The molecular formula is C18H18FN3O4S. The second kappa shape index (κ2) is 8.63. The maximum absolute atomic E-state index is 13.0. The van der Waals surface area contributed by atoms with E-state index in [-0.39, 0.29) is 23.7 Å². The summed E-state index contributed by atoms with van der Waals surface area (Å²) in [6.07, 6.45) is 0. The Morgan fingerprint density at radius 2 is 1.74 bits per heavy atom. The predicted octanol–water partition coefficient (Wildman–Crippen LogP) is 3.05. The summed E-state index contributed by atoms with van der Waals surface area (Å²) in [7, 11) is 4.61. The van der Waals surface area contributed by atoms with Crippen molar-refractivity contribution >= 4 is 29.3 Å². The van der Waals surface area contributed by atoms with E-state index in [0.717, 1.165) is 11.8 Å². The summed E-state index contributed by atoms with van der Waals surface area (Å²) in [5.74, 6) is -1.15. The van der Waals surface area contributed by atoms with Crippen LogP contribution in [0.15, 0.2) is 52.3 Å². The molecule has 0 aromatic heterocycles. The third-order valence-corrected chi connectivity index (χ3v) is 4.73. The van der Waals surface area contributed by atoms with Gasteiger partial charge in [0.25, 0.3) is 11.6 Å². The van der Waals surface area contributed by atoms with Crippen LogP contribution in [0.4, 0.5) is 10.1 Å². The van der Waals surface area contributed by atoms with E-state index in [1.807, 2.05) is 0 Å².